The van der Waals surface area contributed by atoms with Gasteiger partial charge < -0.3 is 16.0 Å². The van der Waals surface area contributed by atoms with Gasteiger partial charge in [-0.2, -0.15) is 0 Å². The lowest BCUT2D eigenvalue weighted by Crippen LogP contribution is -2.30. The number of fused-ring (bicyclic) bond motifs is 1. The van der Waals surface area contributed by atoms with Crippen molar-refractivity contribution in [2.75, 3.05) is 31.2 Å². The summed E-state index contributed by atoms with van der Waals surface area (Å²) in [4.78, 5) is 11.2. The van der Waals surface area contributed by atoms with Crippen LogP contribution in [0.3, 0.4) is 0 Å². The molecule has 28 heavy (non-hydrogen) atoms. The van der Waals surface area contributed by atoms with E-state index in [9.17, 15) is 0 Å². The molecule has 1 aliphatic rings. The van der Waals surface area contributed by atoms with E-state index in [2.05, 4.69) is 51.5 Å². The van der Waals surface area contributed by atoms with Crippen LogP contribution < -0.4 is 11.1 Å². The molecule has 0 amide bonds. The van der Waals surface area contributed by atoms with Crippen LogP contribution in [0.15, 0.2) is 48.8 Å². The molecule has 2 aromatic heterocycles. The zero-order chi connectivity index (χ0) is 19.3. The number of nitrogens with two attached hydrogens (primary N) is 1. The minimum Gasteiger partial charge on any atom is -0.383 e. The van der Waals surface area contributed by atoms with Gasteiger partial charge in [0.15, 0.2) is 0 Å². The van der Waals surface area contributed by atoms with Gasteiger partial charge in [0.2, 0.25) is 0 Å². The summed E-state index contributed by atoms with van der Waals surface area (Å²) in [6.45, 7) is 3.25. The normalized spacial score (nSPS) is 15.8. The number of hydrogen-bond donors (Lipinski definition) is 2. The van der Waals surface area contributed by atoms with Crippen molar-refractivity contribution in [2.45, 2.75) is 32.2 Å². The zero-order valence-electron chi connectivity index (χ0n) is 16.6. The van der Waals surface area contributed by atoms with E-state index in [1.807, 2.05) is 18.3 Å². The predicted octanol–water partition coefficient (Wildman–Crippen LogP) is 4.10. The van der Waals surface area contributed by atoms with Crippen molar-refractivity contribution in [2.24, 2.45) is 5.92 Å². The highest BCUT2D eigenvalue weighted by molar-refractivity contribution is 5.92. The number of piperidine rings is 1. The van der Waals surface area contributed by atoms with Gasteiger partial charge in [-0.15, -0.1) is 0 Å². The van der Waals surface area contributed by atoms with Crippen LogP contribution in [0.1, 0.15) is 30.5 Å². The molecule has 1 fully saturated rings. The van der Waals surface area contributed by atoms with E-state index < -0.39 is 0 Å². The number of aromatic nitrogens is 2. The summed E-state index contributed by atoms with van der Waals surface area (Å²) in [5.74, 6) is 1.42. The molecular formula is C23H29N5. The maximum Gasteiger partial charge on any atom is 0.131 e. The van der Waals surface area contributed by atoms with E-state index in [0.29, 0.717) is 5.82 Å². The first-order valence-electron chi connectivity index (χ1n) is 10.2. The Morgan fingerprint density at radius 1 is 1.07 bits per heavy atom. The Hall–Kier alpha value is -2.66. The lowest BCUT2D eigenvalue weighted by Gasteiger charge is -2.28. The van der Waals surface area contributed by atoms with E-state index in [1.165, 1.54) is 43.6 Å². The fraction of sp³-hybridized carbons (Fsp3) is 0.391. The minimum absolute atomic E-state index is 0.576. The van der Waals surface area contributed by atoms with Crippen molar-refractivity contribution in [3.05, 3.63) is 60.0 Å². The van der Waals surface area contributed by atoms with Crippen molar-refractivity contribution in [3.63, 3.8) is 0 Å². The first kappa shape index (κ1) is 18.7. The van der Waals surface area contributed by atoms with Crippen LogP contribution in [0.2, 0.25) is 0 Å². The van der Waals surface area contributed by atoms with E-state index in [4.69, 9.17) is 5.73 Å². The Kier molecular flexibility index (Phi) is 5.72. The Morgan fingerprint density at radius 3 is 2.75 bits per heavy atom. The smallest absolute Gasteiger partial charge is 0.131 e. The molecule has 0 bridgehead atoms. The molecule has 5 nitrogen and oxygen atoms in total. The molecular weight excluding hydrogens is 346 g/mol. The van der Waals surface area contributed by atoms with Crippen LogP contribution in [-0.4, -0.2) is 35.0 Å². The van der Waals surface area contributed by atoms with Crippen LogP contribution in [-0.2, 0) is 13.0 Å². The number of hydrogen-bond acceptors (Lipinski definition) is 5. The molecule has 1 saturated heterocycles. The first-order valence-corrected chi connectivity index (χ1v) is 10.2. The van der Waals surface area contributed by atoms with E-state index >= 15 is 0 Å². The molecule has 0 aliphatic carbocycles. The summed E-state index contributed by atoms with van der Waals surface area (Å²) in [5, 5.41) is 5.61. The van der Waals surface area contributed by atoms with Gasteiger partial charge in [-0.25, -0.2) is 4.98 Å². The number of nitrogens with zero attached hydrogens (tertiary/aromatic N) is 3. The number of rotatable bonds is 6. The fourth-order valence-electron chi connectivity index (χ4n) is 3.99. The maximum absolute atomic E-state index is 5.94. The maximum atomic E-state index is 5.94. The molecule has 0 spiro atoms. The number of likely N-dealkylation sites (tertiary alicyclic amines) is 1. The summed E-state index contributed by atoms with van der Waals surface area (Å²) in [7, 11) is 2.22. The van der Waals surface area contributed by atoms with Crippen molar-refractivity contribution in [1.82, 2.24) is 14.9 Å². The third kappa shape index (κ3) is 4.60. The van der Waals surface area contributed by atoms with Crippen LogP contribution >= 0.6 is 0 Å². The molecule has 1 aliphatic heterocycles. The van der Waals surface area contributed by atoms with Crippen molar-refractivity contribution in [1.29, 1.82) is 0 Å². The molecule has 3 N–H and O–H groups in total. The quantitative estimate of drug-likeness (QED) is 0.679. The van der Waals surface area contributed by atoms with Gasteiger partial charge in [-0.05, 0) is 99.1 Å². The lowest BCUT2D eigenvalue weighted by molar-refractivity contribution is 0.212. The lowest BCUT2D eigenvalue weighted by atomic mass is 9.91. The largest absolute Gasteiger partial charge is 0.383 e. The standard InChI is InChI=1S/C23H29N5/c1-28-12-8-17(9-13-28)2-3-20-14-18(6-10-25-20)16-27-21-4-5-22-19(15-21)7-11-26-23(22)24/h4-7,10-11,14-15,17,27H,2-3,8-9,12-13,16H2,1H3,(H2,24,26). The molecule has 0 saturated carbocycles. The monoisotopic (exact) mass is 375 g/mol. The second kappa shape index (κ2) is 8.57. The van der Waals surface area contributed by atoms with E-state index in [-0.39, 0.29) is 0 Å². The number of aryl methyl sites for hydroxylation is 1. The summed E-state index contributed by atoms with van der Waals surface area (Å²) in [6, 6.07) is 12.5. The molecule has 1 aromatic carbocycles. The molecule has 0 atom stereocenters. The molecule has 3 aromatic rings. The number of benzene rings is 1. The average molecular weight is 376 g/mol. The number of anilines is 2. The molecule has 146 valence electrons. The number of nitrogen functional groups attached to an aromatic ring is 1. The topological polar surface area (TPSA) is 67.1 Å². The number of nitrogens with one attached hydrogen (secondary N) is 1. The summed E-state index contributed by atoms with van der Waals surface area (Å²) >= 11 is 0. The van der Waals surface area contributed by atoms with Gasteiger partial charge in [0.05, 0.1) is 0 Å². The predicted molar refractivity (Wildman–Crippen MR) is 116 cm³/mol. The summed E-state index contributed by atoms with van der Waals surface area (Å²) in [5.41, 5.74) is 9.49. The molecule has 5 heteroatoms. The molecule has 0 unspecified atom stereocenters. The van der Waals surface area contributed by atoms with Crippen molar-refractivity contribution >= 4 is 22.3 Å². The van der Waals surface area contributed by atoms with Gasteiger partial charge in [-0.3, -0.25) is 4.98 Å². The van der Waals surface area contributed by atoms with Crippen LogP contribution in [0, 0.1) is 5.92 Å². The van der Waals surface area contributed by atoms with Crippen molar-refractivity contribution < 1.29 is 0 Å². The molecule has 3 heterocycles. The third-order valence-corrected chi connectivity index (χ3v) is 5.82. The highest BCUT2D eigenvalue weighted by atomic mass is 15.1. The Labute approximate surface area is 167 Å². The Balaban J connectivity index is 1.34. The second-order valence-corrected chi connectivity index (χ2v) is 7.93. The summed E-state index contributed by atoms with van der Waals surface area (Å²) in [6.07, 6.45) is 8.65. The van der Waals surface area contributed by atoms with Crippen LogP contribution in [0.25, 0.3) is 10.8 Å². The van der Waals surface area contributed by atoms with Crippen molar-refractivity contribution in [3.8, 4) is 0 Å². The number of pyridine rings is 2. The average Bonchev–Trinajstić information content (AvgIpc) is 2.72. The van der Waals surface area contributed by atoms with Gasteiger partial charge in [0.25, 0.3) is 0 Å². The van der Waals surface area contributed by atoms with E-state index in [0.717, 1.165) is 35.3 Å². The van der Waals surface area contributed by atoms with Gasteiger partial charge in [-0.1, -0.05) is 0 Å². The SMILES string of the molecule is CN1CCC(CCc2cc(CNc3ccc4c(N)nccc4c3)ccn2)CC1. The molecule has 4 rings (SSSR count). The minimum atomic E-state index is 0.576. The third-order valence-electron chi connectivity index (χ3n) is 5.82. The van der Waals surface area contributed by atoms with Gasteiger partial charge in [0.1, 0.15) is 5.82 Å². The Bertz CT molecular complexity index is 931. The van der Waals surface area contributed by atoms with Gasteiger partial charge in [0, 0.05) is 35.7 Å². The molecule has 0 radical (unpaired) electrons. The van der Waals surface area contributed by atoms with Crippen LogP contribution in [0.4, 0.5) is 11.5 Å². The van der Waals surface area contributed by atoms with Crippen LogP contribution in [0.5, 0.6) is 0 Å². The summed E-state index contributed by atoms with van der Waals surface area (Å²) < 4.78 is 0. The van der Waals surface area contributed by atoms with E-state index in [1.54, 1.807) is 6.20 Å². The highest BCUT2D eigenvalue weighted by Crippen LogP contribution is 2.23. The first-order chi connectivity index (χ1) is 13.7. The Morgan fingerprint density at radius 2 is 1.89 bits per heavy atom. The zero-order valence-corrected chi connectivity index (χ0v) is 16.6. The fourth-order valence-corrected chi connectivity index (χ4v) is 3.99. The van der Waals surface area contributed by atoms with Gasteiger partial charge >= 0.3 is 0 Å². The highest BCUT2D eigenvalue weighted by Gasteiger charge is 2.16. The second-order valence-electron chi connectivity index (χ2n) is 7.93.